The Kier molecular flexibility index (Phi) is 2.56. The van der Waals surface area contributed by atoms with Crippen LogP contribution >= 0.6 is 0 Å². The topological polar surface area (TPSA) is 55.2 Å². The number of rotatable bonds is 2. The Morgan fingerprint density at radius 2 is 2.27 bits per heavy atom. The molecule has 0 N–H and O–H groups in total. The van der Waals surface area contributed by atoms with Crippen LogP contribution in [0.5, 0.6) is 0 Å². The van der Waals surface area contributed by atoms with Crippen LogP contribution in [-0.4, -0.2) is 41.8 Å². The van der Waals surface area contributed by atoms with Gasteiger partial charge in [0.05, 0.1) is 18.5 Å². The molecule has 0 radical (unpaired) electrons. The highest BCUT2D eigenvalue weighted by Crippen LogP contribution is 2.22. The summed E-state index contributed by atoms with van der Waals surface area (Å²) in [4.78, 5) is 0. The highest BCUT2D eigenvalue weighted by atomic mass is 32.2. The van der Waals surface area contributed by atoms with Crippen molar-refractivity contribution in [3.8, 4) is 0 Å². The lowest BCUT2D eigenvalue weighted by Crippen LogP contribution is -2.28. The molecule has 1 aliphatic heterocycles. The Morgan fingerprint density at radius 1 is 1.53 bits per heavy atom. The number of hydrogen-bond donors (Lipinski definition) is 0. The second-order valence-electron chi connectivity index (χ2n) is 4.06. The van der Waals surface area contributed by atoms with Crippen molar-refractivity contribution in [2.24, 2.45) is 0 Å². The fourth-order valence-corrected chi connectivity index (χ4v) is 2.74. The molecule has 0 amide bonds. The number of nitrogens with zero attached hydrogens (tertiary/aromatic N) is 3. The van der Waals surface area contributed by atoms with Crippen LogP contribution in [0, 0.1) is 6.92 Å². The minimum atomic E-state index is -3.04. The molecule has 0 saturated carbocycles. The van der Waals surface area contributed by atoms with Crippen molar-refractivity contribution in [3.05, 3.63) is 18.0 Å². The van der Waals surface area contributed by atoms with Crippen molar-refractivity contribution in [3.63, 3.8) is 0 Å². The van der Waals surface area contributed by atoms with Gasteiger partial charge in [0.25, 0.3) is 0 Å². The molecule has 1 aromatic heterocycles. The molecule has 1 fully saturated rings. The first kappa shape index (κ1) is 10.6. The minimum absolute atomic E-state index is 0.188. The smallest absolute Gasteiger partial charge is 0.211 e. The summed E-state index contributed by atoms with van der Waals surface area (Å²) in [6, 6.07) is 0.188. The average Bonchev–Trinajstić information content (AvgIpc) is 2.69. The number of aromatic nitrogens is 2. The molecule has 0 unspecified atom stereocenters. The van der Waals surface area contributed by atoms with E-state index in [1.807, 2.05) is 17.8 Å². The first-order valence-corrected chi connectivity index (χ1v) is 6.77. The standard InChI is InChI=1S/C9H15N3O2S/c1-8-5-10-12(6-8)9-3-4-11(7-9)15(2,13)14/h5-6,9H,3-4,7H2,1-2H3/t9-/m1/s1. The van der Waals surface area contributed by atoms with Gasteiger partial charge in [-0.1, -0.05) is 0 Å². The Hall–Kier alpha value is -0.880. The fraction of sp³-hybridized carbons (Fsp3) is 0.667. The lowest BCUT2D eigenvalue weighted by molar-refractivity contribution is 0.437. The molecule has 15 heavy (non-hydrogen) atoms. The first-order valence-electron chi connectivity index (χ1n) is 4.93. The van der Waals surface area contributed by atoms with Gasteiger partial charge in [-0.25, -0.2) is 8.42 Å². The summed E-state index contributed by atoms with van der Waals surface area (Å²) < 4.78 is 26.0. The van der Waals surface area contributed by atoms with Crippen molar-refractivity contribution < 1.29 is 8.42 Å². The first-order chi connectivity index (χ1) is 6.97. The summed E-state index contributed by atoms with van der Waals surface area (Å²) in [5.74, 6) is 0. The van der Waals surface area contributed by atoms with Crippen LogP contribution in [0.3, 0.4) is 0 Å². The molecule has 1 aliphatic rings. The predicted molar refractivity (Wildman–Crippen MR) is 57.0 cm³/mol. The fourth-order valence-electron chi connectivity index (χ4n) is 1.86. The quantitative estimate of drug-likeness (QED) is 0.737. The number of sulfonamides is 1. The van der Waals surface area contributed by atoms with Gasteiger partial charge < -0.3 is 0 Å². The van der Waals surface area contributed by atoms with Gasteiger partial charge in [0, 0.05) is 19.3 Å². The van der Waals surface area contributed by atoms with Crippen molar-refractivity contribution in [2.75, 3.05) is 19.3 Å². The summed E-state index contributed by atoms with van der Waals surface area (Å²) in [6.45, 7) is 3.12. The predicted octanol–water partition coefficient (Wildman–Crippen LogP) is 0.398. The van der Waals surface area contributed by atoms with Crippen molar-refractivity contribution in [1.82, 2.24) is 14.1 Å². The Labute approximate surface area is 89.7 Å². The van der Waals surface area contributed by atoms with Crippen LogP contribution in [-0.2, 0) is 10.0 Å². The molecular formula is C9H15N3O2S. The molecule has 2 heterocycles. The van der Waals surface area contributed by atoms with E-state index in [-0.39, 0.29) is 6.04 Å². The summed E-state index contributed by atoms with van der Waals surface area (Å²) in [5, 5.41) is 4.21. The molecule has 1 aromatic rings. The monoisotopic (exact) mass is 229 g/mol. The summed E-state index contributed by atoms with van der Waals surface area (Å²) in [6.07, 6.45) is 5.84. The Morgan fingerprint density at radius 3 is 2.73 bits per heavy atom. The summed E-state index contributed by atoms with van der Waals surface area (Å²) >= 11 is 0. The van der Waals surface area contributed by atoms with Crippen LogP contribution in [0.1, 0.15) is 18.0 Å². The van der Waals surface area contributed by atoms with Gasteiger partial charge >= 0.3 is 0 Å². The van der Waals surface area contributed by atoms with Crippen LogP contribution in [0.25, 0.3) is 0 Å². The van der Waals surface area contributed by atoms with Crippen LogP contribution in [0.15, 0.2) is 12.4 Å². The van der Waals surface area contributed by atoms with Crippen molar-refractivity contribution >= 4 is 10.0 Å². The molecule has 84 valence electrons. The molecule has 5 nitrogen and oxygen atoms in total. The number of hydrogen-bond acceptors (Lipinski definition) is 3. The van der Waals surface area contributed by atoms with Gasteiger partial charge in [-0.3, -0.25) is 4.68 Å². The van der Waals surface area contributed by atoms with Crippen molar-refractivity contribution in [1.29, 1.82) is 0 Å². The van der Waals surface area contributed by atoms with Gasteiger partial charge in [-0.2, -0.15) is 9.40 Å². The van der Waals surface area contributed by atoms with Crippen LogP contribution in [0.2, 0.25) is 0 Å². The van der Waals surface area contributed by atoms with Gasteiger partial charge in [0.1, 0.15) is 0 Å². The normalized spacial score (nSPS) is 23.5. The zero-order chi connectivity index (χ0) is 11.1. The van der Waals surface area contributed by atoms with Gasteiger partial charge in [-0.05, 0) is 18.9 Å². The van der Waals surface area contributed by atoms with E-state index in [2.05, 4.69) is 5.10 Å². The second kappa shape index (κ2) is 3.61. The molecule has 0 aliphatic carbocycles. The Bertz CT molecular complexity index is 452. The molecule has 0 aromatic carbocycles. The highest BCUT2D eigenvalue weighted by Gasteiger charge is 2.29. The van der Waals surface area contributed by atoms with E-state index in [1.54, 1.807) is 6.20 Å². The van der Waals surface area contributed by atoms with Crippen LogP contribution in [0.4, 0.5) is 0 Å². The molecule has 0 bridgehead atoms. The summed E-state index contributed by atoms with van der Waals surface area (Å²) in [7, 11) is -3.04. The third-order valence-electron chi connectivity index (χ3n) is 2.70. The largest absolute Gasteiger partial charge is 0.268 e. The third kappa shape index (κ3) is 2.21. The molecule has 2 rings (SSSR count). The lowest BCUT2D eigenvalue weighted by Gasteiger charge is -2.13. The molecular weight excluding hydrogens is 214 g/mol. The summed E-state index contributed by atoms with van der Waals surface area (Å²) in [5.41, 5.74) is 1.10. The van der Waals surface area contributed by atoms with Gasteiger partial charge in [-0.15, -0.1) is 0 Å². The molecule has 1 atom stereocenters. The van der Waals surface area contributed by atoms with Gasteiger partial charge in [0.2, 0.25) is 10.0 Å². The average molecular weight is 229 g/mol. The van der Waals surface area contributed by atoms with E-state index < -0.39 is 10.0 Å². The van der Waals surface area contributed by atoms with Crippen molar-refractivity contribution in [2.45, 2.75) is 19.4 Å². The molecule has 6 heteroatoms. The molecule has 1 saturated heterocycles. The lowest BCUT2D eigenvalue weighted by atomic mass is 10.3. The number of aryl methyl sites for hydroxylation is 1. The van der Waals surface area contributed by atoms with E-state index in [0.29, 0.717) is 13.1 Å². The maximum atomic E-state index is 11.3. The minimum Gasteiger partial charge on any atom is -0.268 e. The van der Waals surface area contributed by atoms with E-state index in [4.69, 9.17) is 0 Å². The maximum absolute atomic E-state index is 11.3. The van der Waals surface area contributed by atoms with E-state index in [9.17, 15) is 8.42 Å². The molecule has 0 spiro atoms. The van der Waals surface area contributed by atoms with Gasteiger partial charge in [0.15, 0.2) is 0 Å². The van der Waals surface area contributed by atoms with E-state index in [0.717, 1.165) is 12.0 Å². The second-order valence-corrected chi connectivity index (χ2v) is 6.04. The third-order valence-corrected chi connectivity index (χ3v) is 3.97. The highest BCUT2D eigenvalue weighted by molar-refractivity contribution is 7.88. The SMILES string of the molecule is Cc1cnn([C@@H]2CCN(S(C)(=O)=O)C2)c1. The Balaban J connectivity index is 2.11. The van der Waals surface area contributed by atoms with E-state index in [1.165, 1.54) is 10.6 Å². The zero-order valence-electron chi connectivity index (χ0n) is 8.92. The maximum Gasteiger partial charge on any atom is 0.211 e. The zero-order valence-corrected chi connectivity index (χ0v) is 9.74. The van der Waals surface area contributed by atoms with Crippen LogP contribution < -0.4 is 0 Å². The van der Waals surface area contributed by atoms with E-state index >= 15 is 0 Å².